The molecule has 1 aliphatic heterocycles. The quantitative estimate of drug-likeness (QED) is 0.791. The molecule has 0 unspecified atom stereocenters. The Morgan fingerprint density at radius 1 is 1.40 bits per heavy atom. The maximum absolute atomic E-state index is 12.2. The Morgan fingerprint density at radius 2 is 2.10 bits per heavy atom. The van der Waals surface area contributed by atoms with Crippen molar-refractivity contribution < 1.29 is 14.3 Å². The minimum Gasteiger partial charge on any atom is -0.446 e. The molecule has 0 aromatic heterocycles. The van der Waals surface area contributed by atoms with Crippen molar-refractivity contribution in [2.45, 2.75) is 26.3 Å². The van der Waals surface area contributed by atoms with E-state index < -0.39 is 6.09 Å². The number of rotatable bonds is 4. The first-order chi connectivity index (χ1) is 9.59. The van der Waals surface area contributed by atoms with Gasteiger partial charge in [-0.3, -0.25) is 4.79 Å². The molecule has 20 heavy (non-hydrogen) atoms. The second-order valence-electron chi connectivity index (χ2n) is 5.24. The van der Waals surface area contributed by atoms with Gasteiger partial charge in [0, 0.05) is 0 Å². The van der Waals surface area contributed by atoms with Crippen molar-refractivity contribution in [2.75, 3.05) is 6.61 Å². The van der Waals surface area contributed by atoms with Crippen molar-refractivity contribution in [3.05, 3.63) is 48.0 Å². The number of hydrogen-bond acceptors (Lipinski definition) is 3. The van der Waals surface area contributed by atoms with Crippen molar-refractivity contribution in [3.63, 3.8) is 0 Å². The highest BCUT2D eigenvalue weighted by atomic mass is 16.6. The number of carbonyl (C=O) groups excluding carboxylic acids is 2. The van der Waals surface area contributed by atoms with Crippen molar-refractivity contribution in [1.29, 1.82) is 0 Å². The van der Waals surface area contributed by atoms with Crippen LogP contribution < -0.4 is 0 Å². The number of carbonyl (C=O) groups is 2. The maximum atomic E-state index is 12.2. The average molecular weight is 273 g/mol. The van der Waals surface area contributed by atoms with Gasteiger partial charge in [0.15, 0.2) is 0 Å². The molecule has 2 amide bonds. The Balaban J connectivity index is 2.13. The van der Waals surface area contributed by atoms with E-state index in [9.17, 15) is 9.59 Å². The van der Waals surface area contributed by atoms with E-state index in [1.54, 1.807) is 6.08 Å². The van der Waals surface area contributed by atoms with Crippen LogP contribution in [0.15, 0.2) is 42.5 Å². The van der Waals surface area contributed by atoms with Crippen molar-refractivity contribution in [2.24, 2.45) is 5.92 Å². The zero-order valence-corrected chi connectivity index (χ0v) is 11.8. The van der Waals surface area contributed by atoms with E-state index in [0.29, 0.717) is 5.92 Å². The molecular weight excluding hydrogens is 254 g/mol. The summed E-state index contributed by atoms with van der Waals surface area (Å²) in [6.45, 7) is 4.37. The lowest BCUT2D eigenvalue weighted by atomic mass is 10.1. The smallest absolute Gasteiger partial charge is 0.417 e. The largest absolute Gasteiger partial charge is 0.446 e. The predicted octanol–water partition coefficient (Wildman–Crippen LogP) is 3.31. The van der Waals surface area contributed by atoms with Gasteiger partial charge in [-0.15, -0.1) is 0 Å². The third-order valence-electron chi connectivity index (χ3n) is 3.16. The fourth-order valence-electron chi connectivity index (χ4n) is 2.11. The zero-order chi connectivity index (χ0) is 14.5. The van der Waals surface area contributed by atoms with Crippen LogP contribution in [0.3, 0.4) is 0 Å². The molecule has 1 aromatic rings. The molecule has 0 aliphatic carbocycles. The lowest BCUT2D eigenvalue weighted by Crippen LogP contribution is -2.32. The van der Waals surface area contributed by atoms with Gasteiger partial charge in [0.2, 0.25) is 0 Å². The Hall–Kier alpha value is -2.10. The van der Waals surface area contributed by atoms with Crippen LogP contribution in [-0.2, 0) is 9.53 Å². The highest BCUT2D eigenvalue weighted by Gasteiger charge is 2.37. The summed E-state index contributed by atoms with van der Waals surface area (Å²) in [5.41, 5.74) is 0.906. The number of imide groups is 1. The molecule has 0 saturated carbocycles. The standard InChI is InChI=1S/C16H19NO3/c1-12(2)7-6-10-15(18)17-14(11-20-16(17)19)13-8-4-3-5-9-13/h3-6,8-10,12,14H,7,11H2,1-2H3/b10-6+/t14-/m1/s1. The second-order valence-corrected chi connectivity index (χ2v) is 5.24. The van der Waals surface area contributed by atoms with Crippen LogP contribution in [0.2, 0.25) is 0 Å². The molecule has 2 rings (SSSR count). The lowest BCUT2D eigenvalue weighted by Gasteiger charge is -2.18. The van der Waals surface area contributed by atoms with Crippen LogP contribution in [0.25, 0.3) is 0 Å². The topological polar surface area (TPSA) is 46.6 Å². The number of ether oxygens (including phenoxy) is 1. The van der Waals surface area contributed by atoms with Crippen LogP contribution >= 0.6 is 0 Å². The first kappa shape index (κ1) is 14.3. The molecule has 1 heterocycles. The molecule has 0 radical (unpaired) electrons. The third-order valence-corrected chi connectivity index (χ3v) is 3.16. The van der Waals surface area contributed by atoms with E-state index in [1.807, 2.05) is 30.3 Å². The van der Waals surface area contributed by atoms with Crippen LogP contribution in [0.5, 0.6) is 0 Å². The van der Waals surface area contributed by atoms with Gasteiger partial charge in [0.1, 0.15) is 12.6 Å². The highest BCUT2D eigenvalue weighted by Crippen LogP contribution is 2.27. The van der Waals surface area contributed by atoms with Gasteiger partial charge in [-0.1, -0.05) is 50.3 Å². The molecular formula is C16H19NO3. The predicted molar refractivity (Wildman–Crippen MR) is 76.0 cm³/mol. The van der Waals surface area contributed by atoms with Gasteiger partial charge < -0.3 is 4.74 Å². The summed E-state index contributed by atoms with van der Waals surface area (Å²) in [7, 11) is 0. The highest BCUT2D eigenvalue weighted by molar-refractivity contribution is 5.99. The Bertz CT molecular complexity index is 508. The molecule has 1 aliphatic rings. The van der Waals surface area contributed by atoms with Crippen LogP contribution in [0, 0.1) is 5.92 Å². The number of allylic oxidation sites excluding steroid dienone is 1. The van der Waals surface area contributed by atoms with Gasteiger partial charge >= 0.3 is 6.09 Å². The summed E-state index contributed by atoms with van der Waals surface area (Å²) in [4.78, 5) is 25.1. The molecule has 0 bridgehead atoms. The molecule has 1 aromatic carbocycles. The van der Waals surface area contributed by atoms with Gasteiger partial charge in [-0.05, 0) is 24.0 Å². The number of nitrogens with zero attached hydrogens (tertiary/aromatic N) is 1. The minimum atomic E-state index is -0.571. The number of benzene rings is 1. The summed E-state index contributed by atoms with van der Waals surface area (Å²) in [6.07, 6.45) is 3.51. The van der Waals surface area contributed by atoms with E-state index in [-0.39, 0.29) is 18.6 Å². The van der Waals surface area contributed by atoms with Gasteiger partial charge in [-0.25, -0.2) is 9.69 Å². The van der Waals surface area contributed by atoms with Crippen LogP contribution in [0.1, 0.15) is 31.9 Å². The van der Waals surface area contributed by atoms with Gasteiger partial charge in [-0.2, -0.15) is 0 Å². The fraction of sp³-hybridized carbons (Fsp3) is 0.375. The molecule has 1 atom stereocenters. The zero-order valence-electron chi connectivity index (χ0n) is 11.8. The maximum Gasteiger partial charge on any atom is 0.417 e. The summed E-state index contributed by atoms with van der Waals surface area (Å²) >= 11 is 0. The number of hydrogen-bond donors (Lipinski definition) is 0. The lowest BCUT2D eigenvalue weighted by molar-refractivity contribution is -0.124. The van der Waals surface area contributed by atoms with E-state index >= 15 is 0 Å². The summed E-state index contributed by atoms with van der Waals surface area (Å²) in [5.74, 6) is 0.163. The second kappa shape index (κ2) is 6.37. The van der Waals surface area contributed by atoms with E-state index in [2.05, 4.69) is 13.8 Å². The van der Waals surface area contributed by atoms with Crippen molar-refractivity contribution >= 4 is 12.0 Å². The average Bonchev–Trinajstić information content (AvgIpc) is 2.81. The summed E-state index contributed by atoms with van der Waals surface area (Å²) < 4.78 is 5.01. The SMILES string of the molecule is CC(C)C/C=C/C(=O)N1C(=O)OC[C@@H]1c1ccccc1. The third kappa shape index (κ3) is 3.26. The molecule has 1 saturated heterocycles. The van der Waals surface area contributed by atoms with Crippen molar-refractivity contribution in [3.8, 4) is 0 Å². The molecule has 0 N–H and O–H groups in total. The molecule has 106 valence electrons. The molecule has 0 spiro atoms. The first-order valence-corrected chi connectivity index (χ1v) is 6.81. The molecule has 4 nitrogen and oxygen atoms in total. The number of amides is 2. The van der Waals surface area contributed by atoms with E-state index in [0.717, 1.165) is 12.0 Å². The Morgan fingerprint density at radius 3 is 2.75 bits per heavy atom. The Labute approximate surface area is 119 Å². The first-order valence-electron chi connectivity index (χ1n) is 6.81. The van der Waals surface area contributed by atoms with Crippen molar-refractivity contribution in [1.82, 2.24) is 4.90 Å². The summed E-state index contributed by atoms with van der Waals surface area (Å²) in [6, 6.07) is 9.12. The van der Waals surface area contributed by atoms with E-state index in [4.69, 9.17) is 4.74 Å². The number of cyclic esters (lactones) is 1. The summed E-state index contributed by atoms with van der Waals surface area (Å²) in [5, 5.41) is 0. The minimum absolute atomic E-state index is 0.215. The van der Waals surface area contributed by atoms with E-state index in [1.165, 1.54) is 11.0 Å². The normalized spacial score (nSPS) is 18.9. The monoisotopic (exact) mass is 273 g/mol. The van der Waals surface area contributed by atoms with Crippen LogP contribution in [0.4, 0.5) is 4.79 Å². The van der Waals surface area contributed by atoms with Gasteiger partial charge in [0.25, 0.3) is 5.91 Å². The molecule has 4 heteroatoms. The fourth-order valence-corrected chi connectivity index (χ4v) is 2.11. The molecule has 1 fully saturated rings. The van der Waals surface area contributed by atoms with Gasteiger partial charge in [0.05, 0.1) is 0 Å². The van der Waals surface area contributed by atoms with Crippen LogP contribution in [-0.4, -0.2) is 23.5 Å². The Kier molecular flexibility index (Phi) is 4.56.